The van der Waals surface area contributed by atoms with Crippen molar-refractivity contribution in [2.45, 2.75) is 43.7 Å². The van der Waals surface area contributed by atoms with Gasteiger partial charge in [-0.05, 0) is 56.5 Å². The minimum Gasteiger partial charge on any atom is -0.337 e. The largest absolute Gasteiger partial charge is 0.337 e. The molecule has 7 heteroatoms. The van der Waals surface area contributed by atoms with Gasteiger partial charge < -0.3 is 9.88 Å². The van der Waals surface area contributed by atoms with Gasteiger partial charge in [-0.3, -0.25) is 0 Å². The van der Waals surface area contributed by atoms with E-state index in [1.165, 1.54) is 5.56 Å². The maximum absolute atomic E-state index is 12.3. The SMILES string of the molecule is CC(C)(NCCCn1ccnc1)c1ccc(CCNS(=O)(=O)c2ccccc2)cc1. The highest BCUT2D eigenvalue weighted by molar-refractivity contribution is 7.89. The number of hydrogen-bond donors (Lipinski definition) is 2. The predicted octanol–water partition coefficient (Wildman–Crippen LogP) is 3.32. The molecule has 30 heavy (non-hydrogen) atoms. The number of benzene rings is 2. The van der Waals surface area contributed by atoms with Crippen LogP contribution in [0.1, 0.15) is 31.4 Å². The molecule has 2 aromatic carbocycles. The van der Waals surface area contributed by atoms with Gasteiger partial charge in [-0.1, -0.05) is 42.5 Å². The van der Waals surface area contributed by atoms with Crippen molar-refractivity contribution in [3.05, 3.63) is 84.4 Å². The molecule has 6 nitrogen and oxygen atoms in total. The monoisotopic (exact) mass is 426 g/mol. The van der Waals surface area contributed by atoms with Crippen LogP contribution in [0.5, 0.6) is 0 Å². The zero-order chi connectivity index (χ0) is 21.5. The van der Waals surface area contributed by atoms with Crippen molar-refractivity contribution >= 4 is 10.0 Å². The van der Waals surface area contributed by atoms with Crippen LogP contribution < -0.4 is 10.0 Å². The van der Waals surface area contributed by atoms with Crippen molar-refractivity contribution in [1.29, 1.82) is 0 Å². The summed E-state index contributed by atoms with van der Waals surface area (Å²) in [6.45, 7) is 6.57. The van der Waals surface area contributed by atoms with Crippen LogP contribution in [-0.2, 0) is 28.5 Å². The molecule has 3 aromatic rings. The minimum absolute atomic E-state index is 0.137. The molecule has 160 valence electrons. The van der Waals surface area contributed by atoms with Crippen molar-refractivity contribution in [3.8, 4) is 0 Å². The van der Waals surface area contributed by atoms with Crippen molar-refractivity contribution in [2.24, 2.45) is 0 Å². The molecule has 0 bridgehead atoms. The Morgan fingerprint density at radius 3 is 2.40 bits per heavy atom. The summed E-state index contributed by atoms with van der Waals surface area (Å²) in [5, 5.41) is 3.61. The van der Waals surface area contributed by atoms with Gasteiger partial charge >= 0.3 is 0 Å². The summed E-state index contributed by atoms with van der Waals surface area (Å²) in [4.78, 5) is 4.35. The van der Waals surface area contributed by atoms with Gasteiger partial charge in [0, 0.05) is 31.0 Å². The Hall–Kier alpha value is -2.48. The number of nitrogens with one attached hydrogen (secondary N) is 2. The first-order chi connectivity index (χ1) is 14.4. The second kappa shape index (κ2) is 10.0. The highest BCUT2D eigenvalue weighted by atomic mass is 32.2. The van der Waals surface area contributed by atoms with Crippen LogP contribution in [0.25, 0.3) is 0 Å². The van der Waals surface area contributed by atoms with Gasteiger partial charge in [0.1, 0.15) is 0 Å². The fourth-order valence-electron chi connectivity index (χ4n) is 3.28. The Kier molecular flexibility index (Phi) is 7.42. The van der Waals surface area contributed by atoms with Crippen LogP contribution in [0.2, 0.25) is 0 Å². The van der Waals surface area contributed by atoms with Crippen molar-refractivity contribution in [3.63, 3.8) is 0 Å². The maximum atomic E-state index is 12.3. The predicted molar refractivity (Wildman–Crippen MR) is 120 cm³/mol. The van der Waals surface area contributed by atoms with Gasteiger partial charge in [-0.2, -0.15) is 0 Å². The van der Waals surface area contributed by atoms with Gasteiger partial charge in [0.05, 0.1) is 11.2 Å². The number of aryl methyl sites for hydroxylation is 1. The first kappa shape index (κ1) is 22.2. The summed E-state index contributed by atoms with van der Waals surface area (Å²) in [6, 6.07) is 16.8. The number of imidazole rings is 1. The first-order valence-corrected chi connectivity index (χ1v) is 11.7. The van der Waals surface area contributed by atoms with E-state index in [9.17, 15) is 8.42 Å². The summed E-state index contributed by atoms with van der Waals surface area (Å²) in [5.74, 6) is 0. The van der Waals surface area contributed by atoms with Crippen LogP contribution in [0, 0.1) is 0 Å². The molecule has 0 saturated carbocycles. The van der Waals surface area contributed by atoms with E-state index >= 15 is 0 Å². The van der Waals surface area contributed by atoms with Gasteiger partial charge in [-0.15, -0.1) is 0 Å². The second-order valence-corrected chi connectivity index (χ2v) is 9.63. The lowest BCUT2D eigenvalue weighted by molar-refractivity contribution is 0.393. The molecule has 0 unspecified atom stereocenters. The molecule has 0 fully saturated rings. The quantitative estimate of drug-likeness (QED) is 0.461. The fourth-order valence-corrected chi connectivity index (χ4v) is 4.34. The Balaban J connectivity index is 1.46. The van der Waals surface area contributed by atoms with E-state index in [-0.39, 0.29) is 5.54 Å². The second-order valence-electron chi connectivity index (χ2n) is 7.86. The molecule has 3 rings (SSSR count). The van der Waals surface area contributed by atoms with Crippen LogP contribution in [-0.4, -0.2) is 31.1 Å². The number of nitrogens with zero attached hydrogens (tertiary/aromatic N) is 2. The van der Waals surface area contributed by atoms with Crippen LogP contribution >= 0.6 is 0 Å². The Morgan fingerprint density at radius 1 is 1.00 bits per heavy atom. The Labute approximate surface area is 179 Å². The average Bonchev–Trinajstić information content (AvgIpc) is 3.26. The summed E-state index contributed by atoms with van der Waals surface area (Å²) < 4.78 is 29.3. The van der Waals surface area contributed by atoms with Gasteiger partial charge in [-0.25, -0.2) is 18.1 Å². The highest BCUT2D eigenvalue weighted by Gasteiger charge is 2.19. The topological polar surface area (TPSA) is 76.0 Å². The maximum Gasteiger partial charge on any atom is 0.240 e. The van der Waals surface area contributed by atoms with Crippen molar-refractivity contribution < 1.29 is 8.42 Å². The lowest BCUT2D eigenvalue weighted by atomic mass is 9.93. The summed E-state index contributed by atoms with van der Waals surface area (Å²) >= 11 is 0. The third-order valence-electron chi connectivity index (χ3n) is 5.15. The summed E-state index contributed by atoms with van der Waals surface area (Å²) in [5.41, 5.74) is 2.17. The Morgan fingerprint density at radius 2 is 1.73 bits per heavy atom. The van der Waals surface area contributed by atoms with E-state index in [1.54, 1.807) is 36.5 Å². The standard InChI is InChI=1S/C23H30N4O2S/c1-23(2,25-14-6-17-27-18-16-24-19-27)21-11-9-20(10-12-21)13-15-26-30(28,29)22-7-4-3-5-8-22/h3-5,7-12,16,18-19,25-26H,6,13-15,17H2,1-2H3. The molecular weight excluding hydrogens is 396 g/mol. The number of hydrogen-bond acceptors (Lipinski definition) is 4. The van der Waals surface area contributed by atoms with E-state index in [1.807, 2.05) is 12.5 Å². The Bertz CT molecular complexity index is 999. The summed E-state index contributed by atoms with van der Waals surface area (Å²) in [7, 11) is -3.46. The normalized spacial score (nSPS) is 12.2. The first-order valence-electron chi connectivity index (χ1n) is 10.2. The third kappa shape index (κ3) is 6.26. The number of sulfonamides is 1. The highest BCUT2D eigenvalue weighted by Crippen LogP contribution is 2.20. The van der Waals surface area contributed by atoms with E-state index in [4.69, 9.17) is 0 Å². The van der Waals surface area contributed by atoms with Crippen LogP contribution in [0.4, 0.5) is 0 Å². The smallest absolute Gasteiger partial charge is 0.240 e. The molecule has 0 spiro atoms. The molecule has 2 N–H and O–H groups in total. The van der Waals surface area contributed by atoms with Gasteiger partial charge in [0.25, 0.3) is 0 Å². The molecule has 1 heterocycles. The molecule has 0 aliphatic carbocycles. The van der Waals surface area contributed by atoms with E-state index in [0.29, 0.717) is 17.9 Å². The molecule has 0 aliphatic rings. The molecule has 0 atom stereocenters. The van der Waals surface area contributed by atoms with Crippen molar-refractivity contribution in [1.82, 2.24) is 19.6 Å². The van der Waals surface area contributed by atoms with Gasteiger partial charge in [0.15, 0.2) is 0 Å². The molecule has 0 saturated heterocycles. The lowest BCUT2D eigenvalue weighted by Crippen LogP contribution is -2.37. The van der Waals surface area contributed by atoms with Crippen LogP contribution in [0.3, 0.4) is 0 Å². The molecular formula is C23H30N4O2S. The molecule has 0 amide bonds. The van der Waals surface area contributed by atoms with Crippen LogP contribution in [0.15, 0.2) is 78.2 Å². The minimum atomic E-state index is -3.46. The van der Waals surface area contributed by atoms with E-state index < -0.39 is 10.0 Å². The lowest BCUT2D eigenvalue weighted by Gasteiger charge is -2.27. The molecule has 1 aromatic heterocycles. The number of aromatic nitrogens is 2. The van der Waals surface area contributed by atoms with E-state index in [2.05, 4.69) is 57.7 Å². The fraction of sp³-hybridized carbons (Fsp3) is 0.348. The van der Waals surface area contributed by atoms with Gasteiger partial charge in [0.2, 0.25) is 10.0 Å². The average molecular weight is 427 g/mol. The molecule has 0 radical (unpaired) electrons. The third-order valence-corrected chi connectivity index (χ3v) is 6.63. The zero-order valence-corrected chi connectivity index (χ0v) is 18.4. The summed E-state index contributed by atoms with van der Waals surface area (Å²) in [6.07, 6.45) is 7.28. The zero-order valence-electron chi connectivity index (χ0n) is 17.6. The van der Waals surface area contributed by atoms with Crippen molar-refractivity contribution in [2.75, 3.05) is 13.1 Å². The number of rotatable bonds is 11. The molecule has 0 aliphatic heterocycles. The van der Waals surface area contributed by atoms with E-state index in [0.717, 1.165) is 25.1 Å².